The largest absolute Gasteiger partial charge is 0.456 e. The molecular weight excluding hydrogens is 681 g/mol. The zero-order chi connectivity index (χ0) is 36.7. The first-order valence-electron chi connectivity index (χ1n) is 19.2. The molecule has 0 atom stereocenters. The highest BCUT2D eigenvalue weighted by molar-refractivity contribution is 6.26. The maximum Gasteiger partial charge on any atom is 0.135 e. The standard InChI is InChI=1S/C54H32O2/c1-5-15-41-37(11-1)45-17-7-9-19-51(45)55-53-27-23-35(31-49(41)53)33-21-25-43-44-26-22-34(30-48(44)40-14-4-3-13-39(40)47(43)29-33)36-24-28-54-50(32-36)42-16-6-2-12-38(42)46-18-8-10-20-52(46)56-54/h1-32H. The quantitative estimate of drug-likeness (QED) is 0.166. The third-order valence-electron chi connectivity index (χ3n) is 11.7. The van der Waals surface area contributed by atoms with Crippen LogP contribution in [-0.2, 0) is 0 Å². The van der Waals surface area contributed by atoms with Crippen molar-refractivity contribution in [1.29, 1.82) is 0 Å². The maximum atomic E-state index is 6.55. The van der Waals surface area contributed by atoms with Crippen molar-refractivity contribution >= 4 is 32.3 Å². The number of hydrogen-bond donors (Lipinski definition) is 0. The van der Waals surface area contributed by atoms with Crippen molar-refractivity contribution in [2.24, 2.45) is 0 Å². The Balaban J connectivity index is 0.989. The van der Waals surface area contributed by atoms with Gasteiger partial charge in [0.2, 0.25) is 0 Å². The van der Waals surface area contributed by atoms with E-state index in [4.69, 9.17) is 9.47 Å². The van der Waals surface area contributed by atoms with Gasteiger partial charge in [-0.3, -0.25) is 0 Å². The monoisotopic (exact) mass is 712 g/mol. The lowest BCUT2D eigenvalue weighted by atomic mass is 9.89. The fraction of sp³-hybridized carbons (Fsp3) is 0. The van der Waals surface area contributed by atoms with Crippen molar-refractivity contribution < 1.29 is 9.47 Å². The number of rotatable bonds is 2. The molecule has 0 amide bonds. The molecule has 260 valence electrons. The fourth-order valence-corrected chi connectivity index (χ4v) is 9.03. The van der Waals surface area contributed by atoms with E-state index in [0.717, 1.165) is 56.4 Å². The average Bonchev–Trinajstić information content (AvgIpc) is 3.50. The molecule has 0 aromatic heterocycles. The molecule has 10 aromatic carbocycles. The number of fused-ring (bicyclic) bond motifs is 16. The predicted octanol–water partition coefficient (Wildman–Crippen LogP) is 15.4. The molecular formula is C54H32O2. The molecule has 0 unspecified atom stereocenters. The second-order valence-electron chi connectivity index (χ2n) is 14.8. The van der Waals surface area contributed by atoms with E-state index in [0.29, 0.717) is 0 Å². The van der Waals surface area contributed by atoms with Gasteiger partial charge in [0.25, 0.3) is 0 Å². The Labute approximate surface area is 324 Å². The van der Waals surface area contributed by atoms with E-state index in [1.54, 1.807) is 0 Å². The molecule has 2 aliphatic rings. The van der Waals surface area contributed by atoms with Gasteiger partial charge in [-0.25, -0.2) is 0 Å². The van der Waals surface area contributed by atoms with Crippen molar-refractivity contribution in [3.05, 3.63) is 194 Å². The number of para-hydroxylation sites is 2. The van der Waals surface area contributed by atoms with Gasteiger partial charge < -0.3 is 9.47 Å². The maximum absolute atomic E-state index is 6.55. The Morgan fingerprint density at radius 2 is 0.500 bits per heavy atom. The van der Waals surface area contributed by atoms with Crippen LogP contribution in [0.25, 0.3) is 99.1 Å². The number of ether oxygens (including phenoxy) is 2. The molecule has 12 rings (SSSR count). The smallest absolute Gasteiger partial charge is 0.135 e. The summed E-state index contributed by atoms with van der Waals surface area (Å²) in [6.07, 6.45) is 0. The Kier molecular flexibility index (Phi) is 6.66. The molecule has 0 saturated carbocycles. The van der Waals surface area contributed by atoms with E-state index in [-0.39, 0.29) is 0 Å². The van der Waals surface area contributed by atoms with Crippen molar-refractivity contribution in [2.45, 2.75) is 0 Å². The second-order valence-corrected chi connectivity index (χ2v) is 14.8. The van der Waals surface area contributed by atoms with Crippen LogP contribution in [0.2, 0.25) is 0 Å². The topological polar surface area (TPSA) is 18.5 Å². The second kappa shape index (κ2) is 12.0. The summed E-state index contributed by atoms with van der Waals surface area (Å²) in [5, 5.41) is 7.47. The van der Waals surface area contributed by atoms with E-state index in [2.05, 4.69) is 182 Å². The minimum Gasteiger partial charge on any atom is -0.456 e. The van der Waals surface area contributed by atoms with Gasteiger partial charge in [0.1, 0.15) is 23.0 Å². The molecule has 10 aromatic rings. The summed E-state index contributed by atoms with van der Waals surface area (Å²) in [6.45, 7) is 0. The lowest BCUT2D eigenvalue weighted by molar-refractivity contribution is 0.487. The Morgan fingerprint density at radius 1 is 0.196 bits per heavy atom. The first kappa shape index (κ1) is 31.0. The van der Waals surface area contributed by atoms with Gasteiger partial charge in [0, 0.05) is 22.3 Å². The van der Waals surface area contributed by atoms with Crippen molar-refractivity contribution in [2.75, 3.05) is 0 Å². The van der Waals surface area contributed by atoms with E-state index in [9.17, 15) is 0 Å². The van der Waals surface area contributed by atoms with Crippen LogP contribution in [0, 0.1) is 0 Å². The molecule has 0 radical (unpaired) electrons. The van der Waals surface area contributed by atoms with E-state index < -0.39 is 0 Å². The highest BCUT2D eigenvalue weighted by Crippen LogP contribution is 2.50. The summed E-state index contributed by atoms with van der Waals surface area (Å²) >= 11 is 0. The molecule has 2 nitrogen and oxygen atoms in total. The normalized spacial score (nSPS) is 12.2. The first-order valence-corrected chi connectivity index (χ1v) is 19.2. The van der Waals surface area contributed by atoms with Crippen LogP contribution in [0.1, 0.15) is 0 Å². The Bertz CT molecular complexity index is 3020. The molecule has 56 heavy (non-hydrogen) atoms. The summed E-state index contributed by atoms with van der Waals surface area (Å²) in [4.78, 5) is 0. The van der Waals surface area contributed by atoms with Crippen molar-refractivity contribution in [1.82, 2.24) is 0 Å². The van der Waals surface area contributed by atoms with Crippen molar-refractivity contribution in [3.8, 4) is 89.8 Å². The lowest BCUT2D eigenvalue weighted by Crippen LogP contribution is -1.89. The fourth-order valence-electron chi connectivity index (χ4n) is 9.03. The molecule has 0 saturated heterocycles. The average molecular weight is 713 g/mol. The summed E-state index contributed by atoms with van der Waals surface area (Å²) in [5.41, 5.74) is 13.8. The molecule has 0 N–H and O–H groups in total. The lowest BCUT2D eigenvalue weighted by Gasteiger charge is -2.15. The van der Waals surface area contributed by atoms with Crippen LogP contribution in [0.4, 0.5) is 0 Å². The van der Waals surface area contributed by atoms with Crippen LogP contribution >= 0.6 is 0 Å². The van der Waals surface area contributed by atoms with Crippen LogP contribution < -0.4 is 9.47 Å². The van der Waals surface area contributed by atoms with Crippen LogP contribution in [-0.4, -0.2) is 0 Å². The van der Waals surface area contributed by atoms with Gasteiger partial charge in [-0.05, 0) is 125 Å². The van der Waals surface area contributed by atoms with Gasteiger partial charge in [0.05, 0.1) is 0 Å². The minimum absolute atomic E-state index is 0.871. The Morgan fingerprint density at radius 3 is 0.946 bits per heavy atom. The number of hydrogen-bond acceptors (Lipinski definition) is 2. The van der Waals surface area contributed by atoms with Crippen LogP contribution in [0.15, 0.2) is 194 Å². The van der Waals surface area contributed by atoms with Gasteiger partial charge in [0.15, 0.2) is 0 Å². The van der Waals surface area contributed by atoms with Crippen molar-refractivity contribution in [3.63, 3.8) is 0 Å². The molecule has 2 heteroatoms. The molecule has 0 fully saturated rings. The summed E-state index contributed by atoms with van der Waals surface area (Å²) in [5.74, 6) is 3.50. The van der Waals surface area contributed by atoms with Gasteiger partial charge in [-0.15, -0.1) is 0 Å². The third-order valence-corrected chi connectivity index (χ3v) is 11.7. The zero-order valence-electron chi connectivity index (χ0n) is 30.3. The van der Waals surface area contributed by atoms with Gasteiger partial charge in [-0.1, -0.05) is 146 Å². The minimum atomic E-state index is 0.871. The van der Waals surface area contributed by atoms with E-state index in [1.807, 2.05) is 12.1 Å². The first-order chi connectivity index (χ1) is 27.7. The molecule has 0 aliphatic carbocycles. The molecule has 2 heterocycles. The van der Waals surface area contributed by atoms with Gasteiger partial charge >= 0.3 is 0 Å². The third kappa shape index (κ3) is 4.69. The van der Waals surface area contributed by atoms with E-state index in [1.165, 1.54) is 65.7 Å². The summed E-state index contributed by atoms with van der Waals surface area (Å²) in [6, 6.07) is 69.8. The molecule has 2 aliphatic heterocycles. The zero-order valence-corrected chi connectivity index (χ0v) is 30.3. The molecule has 0 spiro atoms. The van der Waals surface area contributed by atoms with Crippen LogP contribution in [0.5, 0.6) is 23.0 Å². The Hall–Kier alpha value is -7.42. The van der Waals surface area contributed by atoms with Crippen LogP contribution in [0.3, 0.4) is 0 Å². The number of benzene rings is 10. The molecule has 0 bridgehead atoms. The summed E-state index contributed by atoms with van der Waals surface area (Å²) < 4.78 is 13.1. The predicted molar refractivity (Wildman–Crippen MR) is 232 cm³/mol. The highest BCUT2D eigenvalue weighted by Gasteiger charge is 2.23. The SMILES string of the molecule is c1ccc2c(c1)Oc1ccc(-c3ccc4c5ccc(-c6ccc7c(c6)-c6ccccc6-c6ccccc6O7)cc5c5ccccc5c4c3)cc1-c1ccccc1-2. The highest BCUT2D eigenvalue weighted by atomic mass is 16.5. The van der Waals surface area contributed by atoms with Gasteiger partial charge in [-0.2, -0.15) is 0 Å². The van der Waals surface area contributed by atoms with E-state index >= 15 is 0 Å². The summed E-state index contributed by atoms with van der Waals surface area (Å²) in [7, 11) is 0.